The van der Waals surface area contributed by atoms with Gasteiger partial charge in [-0.3, -0.25) is 9.69 Å². The van der Waals surface area contributed by atoms with E-state index in [0.717, 1.165) is 13.0 Å². The molecule has 63 valence electrons. The third kappa shape index (κ3) is 2.19. The van der Waals surface area contributed by atoms with Crippen LogP contribution < -0.4 is 5.73 Å². The molecule has 0 aliphatic carbocycles. The molecule has 0 aromatic carbocycles. The molecule has 1 amide bonds. The number of nitrogens with two attached hydrogens (primary N) is 1. The number of hydrogen-bond acceptors (Lipinski definition) is 2. The van der Waals surface area contributed by atoms with E-state index in [9.17, 15) is 4.79 Å². The van der Waals surface area contributed by atoms with Crippen LogP contribution in [0.15, 0.2) is 0 Å². The van der Waals surface area contributed by atoms with E-state index >= 15 is 0 Å². The van der Waals surface area contributed by atoms with Crippen LogP contribution in [0.5, 0.6) is 0 Å². The molecule has 0 aromatic heterocycles. The average molecular weight is 155 g/mol. The Morgan fingerprint density at radius 3 is 2.82 bits per heavy atom. The second kappa shape index (κ2) is 3.72. The van der Waals surface area contributed by atoms with Crippen molar-refractivity contribution in [3.63, 3.8) is 0 Å². The zero-order valence-electron chi connectivity index (χ0n) is 6.92. The minimum atomic E-state index is -0.233. The fraction of sp³-hybridized carbons (Fsp3) is 0.750. The van der Waals surface area contributed by atoms with Crippen molar-refractivity contribution in [2.24, 2.45) is 5.73 Å². The van der Waals surface area contributed by atoms with Crippen LogP contribution in [0.3, 0.4) is 0 Å². The van der Waals surface area contributed by atoms with Crippen LogP contribution in [0.4, 0.5) is 0 Å². The van der Waals surface area contributed by atoms with Crippen LogP contribution in [-0.4, -0.2) is 23.4 Å². The maximum Gasteiger partial charge on any atom is 0.234 e. The molecule has 1 aliphatic heterocycles. The van der Waals surface area contributed by atoms with Gasteiger partial charge in [-0.05, 0) is 26.3 Å². The first-order chi connectivity index (χ1) is 5.22. The highest BCUT2D eigenvalue weighted by Crippen LogP contribution is 2.14. The predicted octanol–water partition coefficient (Wildman–Crippen LogP) is 0.508. The fourth-order valence-corrected chi connectivity index (χ4v) is 1.30. The summed E-state index contributed by atoms with van der Waals surface area (Å²) in [5.74, 6) is -0.233. The molecule has 1 rings (SSSR count). The summed E-state index contributed by atoms with van der Waals surface area (Å²) < 4.78 is 0. The van der Waals surface area contributed by atoms with Gasteiger partial charge < -0.3 is 5.73 Å². The number of likely N-dealkylation sites (tertiary alicyclic amines) is 1. The molecule has 1 unspecified atom stereocenters. The lowest BCUT2D eigenvalue weighted by atomic mass is 10.1. The van der Waals surface area contributed by atoms with Crippen molar-refractivity contribution >= 4 is 5.91 Å². The molecule has 1 heterocycles. The highest BCUT2D eigenvalue weighted by Gasteiger charge is 2.20. The van der Waals surface area contributed by atoms with Gasteiger partial charge in [-0.25, -0.2) is 0 Å². The molecular formula is C8H15N2O. The van der Waals surface area contributed by atoms with E-state index in [1.165, 1.54) is 12.8 Å². The molecule has 0 spiro atoms. The molecule has 1 atom stereocenters. The lowest BCUT2D eigenvalue weighted by Gasteiger charge is -2.29. The van der Waals surface area contributed by atoms with Gasteiger partial charge in [0.1, 0.15) is 0 Å². The minimum Gasteiger partial charge on any atom is -0.368 e. The quantitative estimate of drug-likeness (QED) is 0.631. The molecule has 11 heavy (non-hydrogen) atoms. The van der Waals surface area contributed by atoms with E-state index in [0.29, 0.717) is 0 Å². The zero-order valence-corrected chi connectivity index (χ0v) is 6.92. The van der Waals surface area contributed by atoms with E-state index in [1.807, 2.05) is 11.8 Å². The van der Waals surface area contributed by atoms with Crippen molar-refractivity contribution in [1.82, 2.24) is 4.90 Å². The second-order valence-corrected chi connectivity index (χ2v) is 2.99. The van der Waals surface area contributed by atoms with Crippen molar-refractivity contribution in [2.75, 3.05) is 6.54 Å². The fourth-order valence-electron chi connectivity index (χ4n) is 1.30. The number of nitrogens with zero attached hydrogens (tertiary/aromatic N) is 1. The number of primary amides is 1. The SMILES string of the molecule is CC(C(N)=O)N1[CH]CCCC1. The maximum atomic E-state index is 10.8. The number of piperidine rings is 1. The Hall–Kier alpha value is -0.570. The monoisotopic (exact) mass is 155 g/mol. The van der Waals surface area contributed by atoms with Crippen molar-refractivity contribution in [2.45, 2.75) is 32.2 Å². The summed E-state index contributed by atoms with van der Waals surface area (Å²) in [6.07, 6.45) is 3.49. The van der Waals surface area contributed by atoms with Gasteiger partial charge in [-0.2, -0.15) is 0 Å². The number of hydrogen-bond donors (Lipinski definition) is 1. The lowest BCUT2D eigenvalue weighted by molar-refractivity contribution is -0.122. The molecule has 3 heteroatoms. The molecule has 0 bridgehead atoms. The topological polar surface area (TPSA) is 46.3 Å². The second-order valence-electron chi connectivity index (χ2n) is 2.99. The molecule has 1 radical (unpaired) electrons. The first-order valence-corrected chi connectivity index (χ1v) is 4.10. The van der Waals surface area contributed by atoms with Crippen molar-refractivity contribution < 1.29 is 4.79 Å². The van der Waals surface area contributed by atoms with Gasteiger partial charge in [-0.1, -0.05) is 6.42 Å². The van der Waals surface area contributed by atoms with Crippen molar-refractivity contribution in [3.05, 3.63) is 6.54 Å². The number of amides is 1. The summed E-state index contributed by atoms with van der Waals surface area (Å²) in [6.45, 7) is 4.91. The van der Waals surface area contributed by atoms with Gasteiger partial charge in [0.05, 0.1) is 6.04 Å². The third-order valence-electron chi connectivity index (χ3n) is 2.14. The Morgan fingerprint density at radius 1 is 1.64 bits per heavy atom. The predicted molar refractivity (Wildman–Crippen MR) is 43.5 cm³/mol. The first-order valence-electron chi connectivity index (χ1n) is 4.10. The van der Waals surface area contributed by atoms with Crippen LogP contribution in [0, 0.1) is 6.54 Å². The van der Waals surface area contributed by atoms with E-state index in [-0.39, 0.29) is 11.9 Å². The average Bonchev–Trinajstić information content (AvgIpc) is 2.05. The highest BCUT2D eigenvalue weighted by molar-refractivity contribution is 5.79. The smallest absolute Gasteiger partial charge is 0.234 e. The molecule has 1 saturated heterocycles. The summed E-state index contributed by atoms with van der Waals surface area (Å²) in [5, 5.41) is 0. The third-order valence-corrected chi connectivity index (χ3v) is 2.14. The van der Waals surface area contributed by atoms with Crippen LogP contribution in [0.2, 0.25) is 0 Å². The normalized spacial score (nSPS) is 23.0. The molecule has 2 N–H and O–H groups in total. The van der Waals surface area contributed by atoms with Crippen LogP contribution in [0.25, 0.3) is 0 Å². The van der Waals surface area contributed by atoms with Gasteiger partial charge in [0.15, 0.2) is 0 Å². The summed E-state index contributed by atoms with van der Waals surface area (Å²) in [4.78, 5) is 12.8. The zero-order chi connectivity index (χ0) is 8.27. The van der Waals surface area contributed by atoms with E-state index < -0.39 is 0 Å². The van der Waals surface area contributed by atoms with Crippen LogP contribution >= 0.6 is 0 Å². The Balaban J connectivity index is 2.38. The molecule has 1 fully saturated rings. The van der Waals surface area contributed by atoms with E-state index in [1.54, 1.807) is 0 Å². The molecular weight excluding hydrogens is 140 g/mol. The van der Waals surface area contributed by atoms with Crippen LogP contribution in [0.1, 0.15) is 26.2 Å². The lowest BCUT2D eigenvalue weighted by Crippen LogP contribution is -2.42. The van der Waals surface area contributed by atoms with Gasteiger partial charge >= 0.3 is 0 Å². The van der Waals surface area contributed by atoms with Crippen LogP contribution in [-0.2, 0) is 4.79 Å². The Bertz CT molecular complexity index is 141. The highest BCUT2D eigenvalue weighted by atomic mass is 16.1. The van der Waals surface area contributed by atoms with E-state index in [4.69, 9.17) is 5.73 Å². The first kappa shape index (κ1) is 8.53. The number of rotatable bonds is 2. The molecule has 1 aliphatic rings. The summed E-state index contributed by atoms with van der Waals surface area (Å²) in [7, 11) is 0. The molecule has 0 saturated carbocycles. The van der Waals surface area contributed by atoms with Gasteiger partial charge in [0, 0.05) is 6.54 Å². The molecule has 3 nitrogen and oxygen atoms in total. The summed E-state index contributed by atoms with van der Waals surface area (Å²) >= 11 is 0. The Labute approximate surface area is 67.5 Å². The van der Waals surface area contributed by atoms with E-state index in [2.05, 4.69) is 6.54 Å². The molecule has 0 aromatic rings. The van der Waals surface area contributed by atoms with Gasteiger partial charge in [0.2, 0.25) is 5.91 Å². The number of carbonyl (C=O) groups excluding carboxylic acids is 1. The Kier molecular flexibility index (Phi) is 2.88. The standard InChI is InChI=1S/C8H15N2O/c1-7(8(9)11)10-5-3-2-4-6-10/h5,7H,2-4,6H2,1H3,(H2,9,11). The summed E-state index contributed by atoms with van der Waals surface area (Å²) in [5.41, 5.74) is 5.17. The van der Waals surface area contributed by atoms with Crippen molar-refractivity contribution in [1.29, 1.82) is 0 Å². The van der Waals surface area contributed by atoms with Gasteiger partial charge in [0.25, 0.3) is 0 Å². The van der Waals surface area contributed by atoms with Crippen molar-refractivity contribution in [3.8, 4) is 0 Å². The van der Waals surface area contributed by atoms with Gasteiger partial charge in [-0.15, -0.1) is 0 Å². The Morgan fingerprint density at radius 2 is 2.36 bits per heavy atom. The maximum absolute atomic E-state index is 10.8. The largest absolute Gasteiger partial charge is 0.368 e. The number of carbonyl (C=O) groups is 1. The summed E-state index contributed by atoms with van der Waals surface area (Å²) in [6, 6.07) is -0.129. The minimum absolute atomic E-state index is 0.129.